The standard InChI is InChI=1S/C26H44N10O6/c1-14(2)20(27)23(40)36-19(13-15-7-9-16(37)10-8-15)22(39)34-17(5-3-11-32-25(28)29)21(38)35-18(24(41)42)6-4-12-33-26(30)31/h7-10,14,17-20,37H,3-6,11-13,27H2,1-2H3,(H,34,39)(H,35,38)(H,36,40)(H,41,42)(H4,28,29,32)(H4,30,31,33). The Kier molecular flexibility index (Phi) is 15.1. The number of phenols is 1. The number of guanidine groups is 2. The van der Waals surface area contributed by atoms with Gasteiger partial charge in [0.25, 0.3) is 0 Å². The Balaban J connectivity index is 3.17. The minimum atomic E-state index is -1.28. The molecule has 16 heteroatoms. The maximum absolute atomic E-state index is 13.5. The molecule has 0 aliphatic rings. The van der Waals surface area contributed by atoms with E-state index in [1.54, 1.807) is 26.0 Å². The second kappa shape index (κ2) is 18.0. The highest BCUT2D eigenvalue weighted by molar-refractivity contribution is 5.94. The number of carboxylic acids is 1. The van der Waals surface area contributed by atoms with E-state index in [4.69, 9.17) is 28.7 Å². The van der Waals surface area contributed by atoms with Gasteiger partial charge < -0.3 is 54.8 Å². The lowest BCUT2D eigenvalue weighted by Gasteiger charge is -2.26. The molecule has 0 bridgehead atoms. The van der Waals surface area contributed by atoms with Crippen LogP contribution >= 0.6 is 0 Å². The van der Waals surface area contributed by atoms with E-state index >= 15 is 0 Å². The number of aromatic hydroxyl groups is 1. The first-order chi connectivity index (χ1) is 19.7. The zero-order valence-corrected chi connectivity index (χ0v) is 24.0. The smallest absolute Gasteiger partial charge is 0.326 e. The van der Waals surface area contributed by atoms with Gasteiger partial charge >= 0.3 is 5.97 Å². The predicted octanol–water partition coefficient (Wildman–Crippen LogP) is -2.44. The van der Waals surface area contributed by atoms with Crippen LogP contribution in [-0.4, -0.2) is 83.1 Å². The van der Waals surface area contributed by atoms with Gasteiger partial charge in [0.2, 0.25) is 17.7 Å². The number of aliphatic imine (C=N–C) groups is 2. The largest absolute Gasteiger partial charge is 0.508 e. The summed E-state index contributed by atoms with van der Waals surface area (Å²) < 4.78 is 0. The van der Waals surface area contributed by atoms with Crippen molar-refractivity contribution in [1.29, 1.82) is 0 Å². The van der Waals surface area contributed by atoms with Crippen molar-refractivity contribution in [2.45, 2.75) is 70.1 Å². The second-order valence-corrected chi connectivity index (χ2v) is 10.1. The lowest BCUT2D eigenvalue weighted by molar-refractivity contribution is -0.142. The van der Waals surface area contributed by atoms with Crippen molar-refractivity contribution < 1.29 is 29.4 Å². The number of benzene rings is 1. The van der Waals surface area contributed by atoms with Crippen LogP contribution in [0.4, 0.5) is 0 Å². The Hall–Kier alpha value is -4.60. The summed E-state index contributed by atoms with van der Waals surface area (Å²) in [5.41, 5.74) is 27.9. The molecule has 234 valence electrons. The van der Waals surface area contributed by atoms with Crippen LogP contribution in [0.15, 0.2) is 34.3 Å². The molecule has 0 radical (unpaired) electrons. The van der Waals surface area contributed by atoms with Crippen molar-refractivity contribution in [3.8, 4) is 5.75 Å². The van der Waals surface area contributed by atoms with Crippen molar-refractivity contribution in [3.63, 3.8) is 0 Å². The molecule has 1 aromatic carbocycles. The fourth-order valence-corrected chi connectivity index (χ4v) is 3.73. The van der Waals surface area contributed by atoms with Crippen molar-refractivity contribution in [3.05, 3.63) is 29.8 Å². The average molecular weight is 593 g/mol. The molecule has 0 heterocycles. The third-order valence-corrected chi connectivity index (χ3v) is 6.17. The first kappa shape index (κ1) is 35.4. The Morgan fingerprint density at radius 1 is 0.762 bits per heavy atom. The monoisotopic (exact) mass is 592 g/mol. The van der Waals surface area contributed by atoms with E-state index in [9.17, 15) is 29.4 Å². The molecule has 0 aromatic heterocycles. The number of nitrogens with one attached hydrogen (secondary N) is 3. The zero-order chi connectivity index (χ0) is 31.8. The van der Waals surface area contributed by atoms with Crippen LogP contribution in [0.5, 0.6) is 5.75 Å². The Labute approximate surface area is 244 Å². The van der Waals surface area contributed by atoms with E-state index in [-0.39, 0.29) is 68.8 Å². The maximum Gasteiger partial charge on any atom is 0.326 e. The van der Waals surface area contributed by atoms with E-state index in [0.717, 1.165) is 0 Å². The topological polar surface area (TPSA) is 300 Å². The van der Waals surface area contributed by atoms with Gasteiger partial charge in [0, 0.05) is 19.5 Å². The van der Waals surface area contributed by atoms with Crippen LogP contribution in [0.3, 0.4) is 0 Å². The highest BCUT2D eigenvalue weighted by Gasteiger charge is 2.30. The summed E-state index contributed by atoms with van der Waals surface area (Å²) in [4.78, 5) is 58.9. The number of carbonyl (C=O) groups excluding carboxylic acids is 3. The van der Waals surface area contributed by atoms with Crippen LogP contribution in [-0.2, 0) is 25.6 Å². The summed E-state index contributed by atoms with van der Waals surface area (Å²) in [5.74, 6) is -3.78. The third kappa shape index (κ3) is 13.6. The van der Waals surface area contributed by atoms with Crippen molar-refractivity contribution in [2.24, 2.45) is 44.6 Å². The molecule has 0 spiro atoms. The molecule has 0 aliphatic carbocycles. The first-order valence-corrected chi connectivity index (χ1v) is 13.5. The number of aliphatic carboxylic acids is 1. The lowest BCUT2D eigenvalue weighted by Crippen LogP contribution is -2.58. The van der Waals surface area contributed by atoms with Gasteiger partial charge in [-0.15, -0.1) is 0 Å². The number of nitrogens with two attached hydrogens (primary N) is 5. The fourth-order valence-electron chi connectivity index (χ4n) is 3.73. The van der Waals surface area contributed by atoms with Gasteiger partial charge in [0.1, 0.15) is 23.9 Å². The summed E-state index contributed by atoms with van der Waals surface area (Å²) >= 11 is 0. The van der Waals surface area contributed by atoms with Crippen molar-refractivity contribution >= 4 is 35.6 Å². The molecular weight excluding hydrogens is 548 g/mol. The average Bonchev–Trinajstić information content (AvgIpc) is 2.91. The number of hydrogen-bond acceptors (Lipinski definition) is 8. The van der Waals surface area contributed by atoms with Crippen LogP contribution < -0.4 is 44.6 Å². The molecule has 0 saturated heterocycles. The molecule has 1 aromatic rings. The maximum atomic E-state index is 13.5. The molecule has 42 heavy (non-hydrogen) atoms. The predicted molar refractivity (Wildman–Crippen MR) is 158 cm³/mol. The molecule has 1 rings (SSSR count). The minimum Gasteiger partial charge on any atom is -0.508 e. The number of amides is 3. The molecule has 3 amide bonds. The number of carboxylic acid groups (broad SMARTS) is 1. The molecule has 0 aliphatic heterocycles. The Morgan fingerprint density at radius 3 is 1.69 bits per heavy atom. The molecule has 0 saturated carbocycles. The highest BCUT2D eigenvalue weighted by Crippen LogP contribution is 2.13. The van der Waals surface area contributed by atoms with Gasteiger partial charge in [0.05, 0.1) is 6.04 Å². The molecule has 16 nitrogen and oxygen atoms in total. The Morgan fingerprint density at radius 2 is 1.21 bits per heavy atom. The van der Waals surface area contributed by atoms with E-state index < -0.39 is 47.9 Å². The summed E-state index contributed by atoms with van der Waals surface area (Å²) in [5, 5.41) is 26.9. The van der Waals surface area contributed by atoms with Gasteiger partial charge in [-0.2, -0.15) is 0 Å². The van der Waals surface area contributed by atoms with E-state index in [0.29, 0.717) is 5.56 Å². The molecule has 15 N–H and O–H groups in total. The quantitative estimate of drug-likeness (QED) is 0.0485. The van der Waals surface area contributed by atoms with Gasteiger partial charge in [-0.25, -0.2) is 4.79 Å². The first-order valence-electron chi connectivity index (χ1n) is 13.5. The van der Waals surface area contributed by atoms with Gasteiger partial charge in [0.15, 0.2) is 11.9 Å². The summed E-state index contributed by atoms with van der Waals surface area (Å²) in [7, 11) is 0. The van der Waals surface area contributed by atoms with E-state index in [2.05, 4.69) is 25.9 Å². The SMILES string of the molecule is CC(C)C(N)C(=O)NC(Cc1ccc(O)cc1)C(=O)NC(CCCN=C(N)N)C(=O)NC(CCCN=C(N)N)C(=O)O. The van der Waals surface area contributed by atoms with E-state index in [1.807, 2.05) is 0 Å². The summed E-state index contributed by atoms with van der Waals surface area (Å²) in [6.07, 6.45) is 0.645. The molecular formula is C26H44N10O6. The Bertz CT molecular complexity index is 1100. The normalized spacial score (nSPS) is 13.6. The van der Waals surface area contributed by atoms with Crippen molar-refractivity contribution in [1.82, 2.24) is 16.0 Å². The van der Waals surface area contributed by atoms with Crippen molar-refractivity contribution in [2.75, 3.05) is 13.1 Å². The summed E-state index contributed by atoms with van der Waals surface area (Å²) in [6, 6.07) is 1.54. The highest BCUT2D eigenvalue weighted by atomic mass is 16.4. The van der Waals surface area contributed by atoms with Crippen LogP contribution in [0, 0.1) is 5.92 Å². The van der Waals surface area contributed by atoms with Crippen LogP contribution in [0.25, 0.3) is 0 Å². The fraction of sp³-hybridized carbons (Fsp3) is 0.538. The number of hydrogen-bond donors (Lipinski definition) is 10. The lowest BCUT2D eigenvalue weighted by atomic mass is 10.0. The van der Waals surface area contributed by atoms with Gasteiger partial charge in [-0.1, -0.05) is 26.0 Å². The molecule has 4 unspecified atom stereocenters. The zero-order valence-electron chi connectivity index (χ0n) is 24.0. The molecule has 0 fully saturated rings. The third-order valence-electron chi connectivity index (χ3n) is 6.17. The van der Waals surface area contributed by atoms with E-state index in [1.165, 1.54) is 12.1 Å². The van der Waals surface area contributed by atoms with Gasteiger partial charge in [-0.3, -0.25) is 24.4 Å². The minimum absolute atomic E-state index is 0.0214. The van der Waals surface area contributed by atoms with Crippen LogP contribution in [0.2, 0.25) is 0 Å². The number of carbonyl (C=O) groups is 4. The summed E-state index contributed by atoms with van der Waals surface area (Å²) in [6.45, 7) is 3.83. The van der Waals surface area contributed by atoms with Crippen LogP contribution in [0.1, 0.15) is 45.1 Å². The molecule has 4 atom stereocenters. The second-order valence-electron chi connectivity index (χ2n) is 10.1. The number of rotatable bonds is 18. The number of phenolic OH excluding ortho intramolecular Hbond substituents is 1. The van der Waals surface area contributed by atoms with Gasteiger partial charge in [-0.05, 0) is 49.3 Å². The number of nitrogens with zero attached hydrogens (tertiary/aromatic N) is 2.